The van der Waals surface area contributed by atoms with Crippen LogP contribution in [0.15, 0.2) is 24.3 Å². The third kappa shape index (κ3) is 2.20. The Bertz CT molecular complexity index is 453. The predicted molar refractivity (Wildman–Crippen MR) is 68.5 cm³/mol. The van der Waals surface area contributed by atoms with Crippen molar-refractivity contribution < 1.29 is 9.53 Å². The van der Waals surface area contributed by atoms with Gasteiger partial charge in [0.05, 0.1) is 0 Å². The molecule has 4 heteroatoms. The lowest BCUT2D eigenvalue weighted by molar-refractivity contribution is -0.00778. The maximum atomic E-state index is 11.1. The highest BCUT2D eigenvalue weighted by atomic mass is 16.5. The van der Waals surface area contributed by atoms with Crippen LogP contribution < -0.4 is 10.5 Å². The first kappa shape index (κ1) is 11.5. The molecule has 0 spiro atoms. The lowest BCUT2D eigenvalue weighted by atomic mass is 9.86. The fourth-order valence-corrected chi connectivity index (χ4v) is 2.94. The molecule has 4 rings (SSSR count). The van der Waals surface area contributed by atoms with E-state index in [-0.39, 0.29) is 6.10 Å². The van der Waals surface area contributed by atoms with E-state index in [9.17, 15) is 4.79 Å². The number of nitrogens with zero attached hydrogens (tertiary/aromatic N) is 1. The largest absolute Gasteiger partial charge is 0.489 e. The van der Waals surface area contributed by atoms with Gasteiger partial charge in [-0.2, -0.15) is 0 Å². The zero-order valence-corrected chi connectivity index (χ0v) is 10.3. The third-order valence-corrected chi connectivity index (χ3v) is 4.00. The molecule has 3 aliphatic heterocycles. The second-order valence-electron chi connectivity index (χ2n) is 5.19. The highest BCUT2D eigenvalue weighted by molar-refractivity contribution is 5.93. The number of ether oxygens (including phenoxy) is 1. The van der Waals surface area contributed by atoms with Gasteiger partial charge in [0.2, 0.25) is 5.91 Å². The molecular formula is C14H18N2O2. The molecule has 18 heavy (non-hydrogen) atoms. The van der Waals surface area contributed by atoms with Crippen LogP contribution in [0.5, 0.6) is 5.75 Å². The first-order chi connectivity index (χ1) is 8.72. The minimum Gasteiger partial charge on any atom is -0.489 e. The first-order valence-electron chi connectivity index (χ1n) is 6.51. The maximum Gasteiger partial charge on any atom is 0.248 e. The average molecular weight is 246 g/mol. The second kappa shape index (κ2) is 4.61. The van der Waals surface area contributed by atoms with Gasteiger partial charge in [0.25, 0.3) is 0 Å². The van der Waals surface area contributed by atoms with Crippen LogP contribution in [0, 0.1) is 5.92 Å². The molecule has 3 saturated heterocycles. The number of hydrogen-bond acceptors (Lipinski definition) is 3. The summed E-state index contributed by atoms with van der Waals surface area (Å²) in [5.74, 6) is 1.01. The van der Waals surface area contributed by atoms with Crippen molar-refractivity contribution in [1.29, 1.82) is 0 Å². The number of carbonyl (C=O) groups excluding carboxylic acids is 1. The van der Waals surface area contributed by atoms with Gasteiger partial charge in [-0.1, -0.05) is 6.07 Å². The van der Waals surface area contributed by atoms with E-state index in [0.29, 0.717) is 11.5 Å². The van der Waals surface area contributed by atoms with Crippen LogP contribution in [0.2, 0.25) is 0 Å². The Balaban J connectivity index is 1.72. The maximum absolute atomic E-state index is 11.1. The summed E-state index contributed by atoms with van der Waals surface area (Å²) in [4.78, 5) is 13.6. The molecule has 96 valence electrons. The van der Waals surface area contributed by atoms with Gasteiger partial charge >= 0.3 is 0 Å². The van der Waals surface area contributed by atoms with E-state index in [0.717, 1.165) is 12.3 Å². The van der Waals surface area contributed by atoms with Crippen molar-refractivity contribution in [2.75, 3.05) is 19.6 Å². The van der Waals surface area contributed by atoms with Crippen LogP contribution >= 0.6 is 0 Å². The highest BCUT2D eigenvalue weighted by Gasteiger charge is 2.35. The van der Waals surface area contributed by atoms with E-state index in [4.69, 9.17) is 10.5 Å². The molecule has 2 N–H and O–H groups in total. The van der Waals surface area contributed by atoms with Gasteiger partial charge in [-0.15, -0.1) is 0 Å². The van der Waals surface area contributed by atoms with E-state index in [2.05, 4.69) is 4.90 Å². The van der Waals surface area contributed by atoms with Crippen LogP contribution in [0.25, 0.3) is 0 Å². The zero-order chi connectivity index (χ0) is 12.5. The van der Waals surface area contributed by atoms with Gasteiger partial charge < -0.3 is 10.5 Å². The van der Waals surface area contributed by atoms with Crippen molar-refractivity contribution >= 4 is 5.91 Å². The van der Waals surface area contributed by atoms with E-state index in [1.54, 1.807) is 12.1 Å². The lowest BCUT2D eigenvalue weighted by Crippen LogP contribution is -2.52. The molecule has 3 aliphatic rings. The number of amides is 1. The molecule has 0 saturated carbocycles. The van der Waals surface area contributed by atoms with Crippen LogP contribution in [-0.2, 0) is 0 Å². The van der Waals surface area contributed by atoms with E-state index in [1.807, 2.05) is 12.1 Å². The van der Waals surface area contributed by atoms with Gasteiger partial charge in [-0.25, -0.2) is 0 Å². The minimum absolute atomic E-state index is 0.260. The number of nitrogens with two attached hydrogens (primary N) is 1. The Morgan fingerprint density at radius 2 is 2.11 bits per heavy atom. The smallest absolute Gasteiger partial charge is 0.248 e. The number of rotatable bonds is 3. The van der Waals surface area contributed by atoms with Crippen LogP contribution in [0.4, 0.5) is 0 Å². The van der Waals surface area contributed by atoms with Gasteiger partial charge in [0, 0.05) is 12.1 Å². The number of piperidine rings is 3. The zero-order valence-electron chi connectivity index (χ0n) is 10.3. The summed E-state index contributed by atoms with van der Waals surface area (Å²) in [5, 5.41) is 0. The SMILES string of the molecule is NC(=O)c1cccc(OC2CN3CCC2CC3)c1. The van der Waals surface area contributed by atoms with Crippen LogP contribution in [0.1, 0.15) is 23.2 Å². The normalized spacial score (nSPS) is 30.1. The summed E-state index contributed by atoms with van der Waals surface area (Å²) in [5.41, 5.74) is 5.78. The predicted octanol–water partition coefficient (Wildman–Crippen LogP) is 1.26. The molecule has 3 heterocycles. The summed E-state index contributed by atoms with van der Waals surface area (Å²) >= 11 is 0. The Morgan fingerprint density at radius 3 is 2.72 bits per heavy atom. The number of fused-ring (bicyclic) bond motifs is 3. The van der Waals surface area contributed by atoms with Crippen molar-refractivity contribution in [2.45, 2.75) is 18.9 Å². The Hall–Kier alpha value is -1.55. The monoisotopic (exact) mass is 246 g/mol. The molecule has 4 nitrogen and oxygen atoms in total. The number of primary amides is 1. The molecule has 1 aromatic rings. The van der Waals surface area contributed by atoms with Crippen LogP contribution in [0.3, 0.4) is 0 Å². The Morgan fingerprint density at radius 1 is 1.33 bits per heavy atom. The van der Waals surface area contributed by atoms with E-state index >= 15 is 0 Å². The summed E-state index contributed by atoms with van der Waals surface area (Å²) < 4.78 is 6.03. The van der Waals surface area contributed by atoms with Gasteiger partial charge in [0.1, 0.15) is 11.9 Å². The fraction of sp³-hybridized carbons (Fsp3) is 0.500. The Kier molecular flexibility index (Phi) is 2.96. The molecule has 2 bridgehead atoms. The number of hydrogen-bond donors (Lipinski definition) is 1. The van der Waals surface area contributed by atoms with Crippen molar-refractivity contribution in [1.82, 2.24) is 4.90 Å². The number of carbonyl (C=O) groups is 1. The minimum atomic E-state index is -0.408. The summed E-state index contributed by atoms with van der Waals surface area (Å²) in [6, 6.07) is 7.16. The molecule has 1 unspecified atom stereocenters. The van der Waals surface area contributed by atoms with Gasteiger partial charge in [-0.3, -0.25) is 9.69 Å². The Labute approximate surface area is 107 Å². The van der Waals surface area contributed by atoms with E-state index < -0.39 is 5.91 Å². The molecule has 1 atom stereocenters. The summed E-state index contributed by atoms with van der Waals surface area (Å²) in [6.07, 6.45) is 2.70. The highest BCUT2D eigenvalue weighted by Crippen LogP contribution is 2.30. The standard InChI is InChI=1S/C14H18N2O2/c15-14(17)11-2-1-3-12(8-11)18-13-9-16-6-4-10(13)5-7-16/h1-3,8,10,13H,4-7,9H2,(H2,15,17). The average Bonchev–Trinajstić information content (AvgIpc) is 2.40. The first-order valence-corrected chi connectivity index (χ1v) is 6.51. The molecular weight excluding hydrogens is 228 g/mol. The number of benzene rings is 1. The van der Waals surface area contributed by atoms with Crippen molar-refractivity contribution in [3.05, 3.63) is 29.8 Å². The van der Waals surface area contributed by atoms with Crippen molar-refractivity contribution in [2.24, 2.45) is 11.7 Å². The van der Waals surface area contributed by atoms with Crippen LogP contribution in [-0.4, -0.2) is 36.5 Å². The fourth-order valence-electron chi connectivity index (χ4n) is 2.94. The van der Waals surface area contributed by atoms with Crippen molar-refractivity contribution in [3.63, 3.8) is 0 Å². The second-order valence-corrected chi connectivity index (χ2v) is 5.19. The topological polar surface area (TPSA) is 55.6 Å². The van der Waals surface area contributed by atoms with Crippen molar-refractivity contribution in [3.8, 4) is 5.75 Å². The quantitative estimate of drug-likeness (QED) is 0.873. The van der Waals surface area contributed by atoms with Gasteiger partial charge in [0.15, 0.2) is 0 Å². The van der Waals surface area contributed by atoms with Gasteiger partial charge in [-0.05, 0) is 50.0 Å². The summed E-state index contributed by atoms with van der Waals surface area (Å²) in [7, 11) is 0. The molecule has 0 radical (unpaired) electrons. The molecule has 3 fully saturated rings. The van der Waals surface area contributed by atoms with E-state index in [1.165, 1.54) is 25.9 Å². The summed E-state index contributed by atoms with van der Waals surface area (Å²) in [6.45, 7) is 3.41. The molecule has 1 amide bonds. The third-order valence-electron chi connectivity index (χ3n) is 4.00. The molecule has 0 aromatic heterocycles. The lowest BCUT2D eigenvalue weighted by Gasteiger charge is -2.44. The molecule has 1 aromatic carbocycles. The molecule has 0 aliphatic carbocycles.